The Morgan fingerprint density at radius 2 is 1.96 bits per heavy atom. The summed E-state index contributed by atoms with van der Waals surface area (Å²) in [6.45, 7) is -0.393. The molecular formula is C15H21ClN5O4+. The number of aliphatic imine (C=N–C) groups is 1. The molecule has 25 heavy (non-hydrogen) atoms. The smallest absolute Gasteiger partial charge is 0.269 e. The number of aliphatic hydroxyl groups is 3. The van der Waals surface area contributed by atoms with Crippen LogP contribution in [0.1, 0.15) is 25.7 Å². The molecule has 1 aromatic heterocycles. The summed E-state index contributed by atoms with van der Waals surface area (Å²) in [6, 6.07) is 0.0552. The maximum atomic E-state index is 10.6. The molecule has 1 aliphatic carbocycles. The van der Waals surface area contributed by atoms with E-state index in [2.05, 4.69) is 15.0 Å². The summed E-state index contributed by atoms with van der Waals surface area (Å²) in [4.78, 5) is 12.7. The molecule has 2 aliphatic heterocycles. The van der Waals surface area contributed by atoms with Gasteiger partial charge in [0.2, 0.25) is 11.5 Å². The maximum Gasteiger partial charge on any atom is 0.269 e. The molecule has 1 aromatic rings. The topological polar surface area (TPSA) is 134 Å². The van der Waals surface area contributed by atoms with Gasteiger partial charge in [-0.3, -0.25) is 0 Å². The Kier molecular flexibility index (Phi) is 4.18. The Labute approximate surface area is 149 Å². The quantitative estimate of drug-likeness (QED) is 0.437. The van der Waals surface area contributed by atoms with Crippen LogP contribution in [0.25, 0.3) is 0 Å². The summed E-state index contributed by atoms with van der Waals surface area (Å²) in [5, 5.41) is 30.3. The van der Waals surface area contributed by atoms with Gasteiger partial charge in [-0.05, 0) is 24.4 Å². The van der Waals surface area contributed by atoms with Crippen LogP contribution in [-0.2, 0) is 4.74 Å². The molecule has 1 saturated carbocycles. The van der Waals surface area contributed by atoms with Gasteiger partial charge in [0.15, 0.2) is 23.9 Å². The number of nitrogens with two attached hydrogens (primary N) is 1. The van der Waals surface area contributed by atoms with Gasteiger partial charge in [0.05, 0.1) is 6.61 Å². The summed E-state index contributed by atoms with van der Waals surface area (Å²) < 4.78 is 5.87. The van der Waals surface area contributed by atoms with Gasteiger partial charge in [-0.2, -0.15) is 15.0 Å². The normalized spacial score (nSPS) is 37.8. The molecule has 1 saturated heterocycles. The lowest BCUT2D eigenvalue weighted by Gasteiger charge is -2.40. The van der Waals surface area contributed by atoms with E-state index in [1.54, 1.807) is 6.34 Å². The van der Waals surface area contributed by atoms with Gasteiger partial charge in [0, 0.05) is 12.8 Å². The van der Waals surface area contributed by atoms with E-state index < -0.39 is 31.1 Å². The van der Waals surface area contributed by atoms with E-state index in [9.17, 15) is 15.3 Å². The number of halogens is 1. The van der Waals surface area contributed by atoms with Crippen molar-refractivity contribution in [2.45, 2.75) is 56.3 Å². The summed E-state index contributed by atoms with van der Waals surface area (Å²) in [5.74, 6) is 0.634. The summed E-state index contributed by atoms with van der Waals surface area (Å²) in [6.07, 6.45) is 1.38. The third kappa shape index (κ3) is 2.38. The van der Waals surface area contributed by atoms with E-state index in [4.69, 9.17) is 22.1 Å². The van der Waals surface area contributed by atoms with Gasteiger partial charge in [-0.25, -0.2) is 4.48 Å². The Bertz CT molecular complexity index is 713. The Balaban J connectivity index is 1.86. The fourth-order valence-electron chi connectivity index (χ4n) is 4.26. The predicted molar refractivity (Wildman–Crippen MR) is 91.4 cm³/mol. The van der Waals surface area contributed by atoms with Gasteiger partial charge < -0.3 is 25.8 Å². The Morgan fingerprint density at radius 3 is 2.60 bits per heavy atom. The highest BCUT2D eigenvalue weighted by Gasteiger charge is 2.61. The van der Waals surface area contributed by atoms with Crippen molar-refractivity contribution in [1.82, 2.24) is 14.5 Å². The number of nitrogens with zero attached hydrogens (tertiary/aromatic N) is 4. The first kappa shape index (κ1) is 17.1. The Hall–Kier alpha value is -1.36. The second-order valence-corrected chi connectivity index (χ2v) is 7.13. The number of rotatable bonds is 3. The minimum atomic E-state index is -1.20. The van der Waals surface area contributed by atoms with Crippen molar-refractivity contribution in [2.75, 3.05) is 12.3 Å². The lowest BCUT2D eigenvalue weighted by molar-refractivity contribution is -0.0773. The summed E-state index contributed by atoms with van der Waals surface area (Å²) in [5.41, 5.74) is 6.37. The van der Waals surface area contributed by atoms with E-state index in [1.165, 1.54) is 0 Å². The lowest BCUT2D eigenvalue weighted by Crippen LogP contribution is -2.64. The lowest BCUT2D eigenvalue weighted by atomic mass is 10.1. The van der Waals surface area contributed by atoms with Crippen LogP contribution in [0.15, 0.2) is 4.99 Å². The molecule has 0 bridgehead atoms. The van der Waals surface area contributed by atoms with Gasteiger partial charge in [-0.15, -0.1) is 0 Å². The van der Waals surface area contributed by atoms with E-state index in [-0.39, 0.29) is 21.6 Å². The molecule has 5 atom stereocenters. The molecule has 3 heterocycles. The van der Waals surface area contributed by atoms with Crippen molar-refractivity contribution in [3.8, 4) is 0 Å². The third-order valence-electron chi connectivity index (χ3n) is 5.48. The minimum Gasteiger partial charge on any atom is -0.394 e. The zero-order valence-corrected chi connectivity index (χ0v) is 14.2. The van der Waals surface area contributed by atoms with Crippen LogP contribution in [0.5, 0.6) is 0 Å². The molecule has 10 heteroatoms. The van der Waals surface area contributed by atoms with Crippen LogP contribution in [0, 0.1) is 0 Å². The van der Waals surface area contributed by atoms with Crippen LogP contribution in [0.4, 0.5) is 17.3 Å². The van der Waals surface area contributed by atoms with Crippen LogP contribution in [0.3, 0.4) is 0 Å². The maximum absolute atomic E-state index is 10.6. The third-order valence-corrected chi connectivity index (χ3v) is 5.65. The average molecular weight is 371 g/mol. The number of aromatic nitrogens is 2. The zero-order valence-electron chi connectivity index (χ0n) is 13.5. The van der Waals surface area contributed by atoms with E-state index >= 15 is 0 Å². The van der Waals surface area contributed by atoms with Crippen molar-refractivity contribution < 1.29 is 20.1 Å². The molecule has 4 rings (SSSR count). The van der Waals surface area contributed by atoms with Crippen molar-refractivity contribution in [3.63, 3.8) is 0 Å². The average Bonchev–Trinajstić information content (AvgIpc) is 3.28. The number of fused-ring (bicyclic) bond motifs is 1. The highest BCUT2D eigenvalue weighted by atomic mass is 35.5. The number of nitrogen functional groups attached to an aromatic ring is 1. The zero-order chi connectivity index (χ0) is 17.8. The van der Waals surface area contributed by atoms with Crippen molar-refractivity contribution in [3.05, 3.63) is 5.28 Å². The minimum absolute atomic E-state index is 0.00556. The molecule has 5 N–H and O–H groups in total. The first-order valence-electron chi connectivity index (χ1n) is 8.38. The second kappa shape index (κ2) is 6.11. The molecule has 0 spiro atoms. The fourth-order valence-corrected chi connectivity index (χ4v) is 4.43. The first-order valence-corrected chi connectivity index (χ1v) is 8.76. The highest BCUT2D eigenvalue weighted by molar-refractivity contribution is 6.28. The number of ether oxygens (including phenoxy) is 1. The molecule has 1 unspecified atom stereocenters. The molecule has 2 fully saturated rings. The van der Waals surface area contributed by atoms with Gasteiger partial charge in [0.1, 0.15) is 18.2 Å². The van der Waals surface area contributed by atoms with Crippen molar-refractivity contribution in [2.24, 2.45) is 4.99 Å². The number of anilines is 1. The molecule has 0 aromatic carbocycles. The monoisotopic (exact) mass is 370 g/mol. The van der Waals surface area contributed by atoms with Crippen LogP contribution >= 0.6 is 11.6 Å². The second-order valence-electron chi connectivity index (χ2n) is 6.80. The van der Waals surface area contributed by atoms with Crippen LogP contribution in [-0.4, -0.2) is 68.8 Å². The number of hydrogen-bond acceptors (Lipinski definition) is 8. The van der Waals surface area contributed by atoms with Crippen LogP contribution < -0.4 is 10.2 Å². The number of quaternary nitrogens is 1. The van der Waals surface area contributed by atoms with Gasteiger partial charge in [0.25, 0.3) is 5.82 Å². The molecule has 136 valence electrons. The fraction of sp³-hybridized carbons (Fsp3) is 0.667. The summed E-state index contributed by atoms with van der Waals surface area (Å²) in [7, 11) is 0. The van der Waals surface area contributed by atoms with E-state index in [0.29, 0.717) is 11.5 Å². The van der Waals surface area contributed by atoms with Gasteiger partial charge in [-0.1, -0.05) is 0 Å². The van der Waals surface area contributed by atoms with Gasteiger partial charge >= 0.3 is 0 Å². The molecular weight excluding hydrogens is 350 g/mol. The summed E-state index contributed by atoms with van der Waals surface area (Å²) >= 11 is 6.03. The molecule has 9 nitrogen and oxygen atoms in total. The largest absolute Gasteiger partial charge is 0.394 e. The molecule has 3 aliphatic rings. The number of hydrogen-bond donors (Lipinski definition) is 4. The SMILES string of the molecule is Nc1nc(Cl)nc2c1N=C[N+]2(C1CCCC1)[C@@H]1O[C@H](CO)[C@@H](O)[C@H]1O. The van der Waals surface area contributed by atoms with Crippen LogP contribution in [0.2, 0.25) is 5.28 Å². The standard InChI is InChI=1S/C15H21ClN5O4/c16-15-19-12(17)9-13(20-15)21(6-18-9,7-3-1-2-4-7)14-11(24)10(23)8(5-22)25-14/h6-8,10-11,14,22-24H,1-5H2,(H2,17,19,20)/q+1/t8-,10-,11-,14-,21?/m1/s1. The number of aliphatic hydroxyl groups excluding tert-OH is 3. The molecule has 0 amide bonds. The molecule has 0 radical (unpaired) electrons. The Morgan fingerprint density at radius 1 is 1.24 bits per heavy atom. The first-order chi connectivity index (χ1) is 12.0. The van der Waals surface area contributed by atoms with Crippen molar-refractivity contribution >= 4 is 35.3 Å². The van der Waals surface area contributed by atoms with E-state index in [0.717, 1.165) is 25.7 Å². The highest BCUT2D eigenvalue weighted by Crippen LogP contribution is 2.48. The van der Waals surface area contributed by atoms with Crippen molar-refractivity contribution in [1.29, 1.82) is 0 Å². The predicted octanol–water partition coefficient (Wildman–Crippen LogP) is 0.0745. The van der Waals surface area contributed by atoms with E-state index in [1.807, 2.05) is 0 Å².